The number of pyridine rings is 1. The van der Waals surface area contributed by atoms with Gasteiger partial charge >= 0.3 is 0 Å². The Labute approximate surface area is 156 Å². The summed E-state index contributed by atoms with van der Waals surface area (Å²) in [6.07, 6.45) is 0. The summed E-state index contributed by atoms with van der Waals surface area (Å²) in [7, 11) is 0. The second kappa shape index (κ2) is 6.34. The lowest BCUT2D eigenvalue weighted by molar-refractivity contribution is 0.0952. The van der Waals surface area contributed by atoms with Gasteiger partial charge in [0, 0.05) is 23.5 Å². The van der Waals surface area contributed by atoms with Crippen molar-refractivity contribution in [2.75, 3.05) is 6.54 Å². The molecule has 0 saturated heterocycles. The molecular formula is C22H21FN2O2. The van der Waals surface area contributed by atoms with Gasteiger partial charge in [0.25, 0.3) is 5.91 Å². The van der Waals surface area contributed by atoms with E-state index in [-0.39, 0.29) is 22.4 Å². The molecule has 1 aliphatic rings. The van der Waals surface area contributed by atoms with E-state index in [1.165, 1.54) is 29.8 Å². The van der Waals surface area contributed by atoms with Crippen LogP contribution < -0.4 is 10.9 Å². The molecule has 1 fully saturated rings. The molecule has 3 aromatic rings. The second-order valence-corrected chi connectivity index (χ2v) is 7.76. The van der Waals surface area contributed by atoms with Crippen LogP contribution in [0, 0.1) is 17.2 Å². The summed E-state index contributed by atoms with van der Waals surface area (Å²) in [5.41, 5.74) is 1.63. The molecule has 0 bridgehead atoms. The van der Waals surface area contributed by atoms with Crippen LogP contribution in [0.2, 0.25) is 0 Å². The summed E-state index contributed by atoms with van der Waals surface area (Å²) in [6.45, 7) is 4.90. The summed E-state index contributed by atoms with van der Waals surface area (Å²) in [5.74, 6) is -0.108. The molecule has 1 aliphatic carbocycles. The van der Waals surface area contributed by atoms with Gasteiger partial charge in [-0.05, 0) is 41.0 Å². The average Bonchev–Trinajstić information content (AvgIpc) is 3.20. The van der Waals surface area contributed by atoms with Gasteiger partial charge in [0.1, 0.15) is 5.82 Å². The van der Waals surface area contributed by atoms with Crippen molar-refractivity contribution in [1.82, 2.24) is 10.3 Å². The maximum absolute atomic E-state index is 13.6. The van der Waals surface area contributed by atoms with E-state index in [1.54, 1.807) is 0 Å². The lowest BCUT2D eigenvalue weighted by Gasteiger charge is -2.09. The normalized spacial score (nSPS) is 20.4. The molecule has 0 unspecified atom stereocenters. The quantitative estimate of drug-likeness (QED) is 0.739. The molecule has 1 amide bonds. The Kier molecular flexibility index (Phi) is 4.10. The smallest absolute Gasteiger partial charge is 0.252 e. The Balaban J connectivity index is 1.55. The predicted octanol–water partition coefficient (Wildman–Crippen LogP) is 3.84. The molecule has 2 N–H and O–H groups in total. The highest BCUT2D eigenvalue weighted by Gasteiger charge is 2.57. The third kappa shape index (κ3) is 3.14. The molecule has 4 nitrogen and oxygen atoms in total. The summed E-state index contributed by atoms with van der Waals surface area (Å²) in [6, 6.07) is 15.5. The fraction of sp³-hybridized carbons (Fsp3) is 0.273. The van der Waals surface area contributed by atoms with E-state index in [4.69, 9.17) is 0 Å². The summed E-state index contributed by atoms with van der Waals surface area (Å²) in [5, 5.41) is 3.35. The van der Waals surface area contributed by atoms with Gasteiger partial charge in [-0.2, -0.15) is 0 Å². The maximum atomic E-state index is 13.6. The van der Waals surface area contributed by atoms with Crippen molar-refractivity contribution in [3.8, 4) is 0 Å². The number of nitrogens with one attached hydrogen (secondary N) is 2. The van der Waals surface area contributed by atoms with E-state index in [2.05, 4.69) is 36.3 Å². The molecule has 1 aromatic heterocycles. The number of halogens is 1. The monoisotopic (exact) mass is 364 g/mol. The number of amides is 1. The van der Waals surface area contributed by atoms with Crippen LogP contribution in [0.5, 0.6) is 0 Å². The highest BCUT2D eigenvalue weighted by atomic mass is 19.1. The Morgan fingerprint density at radius 1 is 1.15 bits per heavy atom. The number of benzene rings is 2. The molecule has 1 saturated carbocycles. The van der Waals surface area contributed by atoms with Crippen molar-refractivity contribution in [3.05, 3.63) is 81.9 Å². The molecule has 5 heteroatoms. The largest absolute Gasteiger partial charge is 0.352 e. The number of aromatic amines is 1. The standard InChI is InChI=1S/C22H21FN2O2/c1-22(2)17(20(22)13-6-4-3-5-7-13)12-24-21(27)16-11-19(26)25-18-9-8-14(23)10-15(16)18/h3-11,17,20H,12H2,1-2H3,(H,24,27)(H,25,26)/t17-,20-/m0/s1. The minimum absolute atomic E-state index is 0.0942. The molecule has 138 valence electrons. The lowest BCUT2D eigenvalue weighted by atomic mass is 10.0. The van der Waals surface area contributed by atoms with Crippen LogP contribution in [0.25, 0.3) is 10.9 Å². The number of hydrogen-bond acceptors (Lipinski definition) is 2. The fourth-order valence-electron chi connectivity index (χ4n) is 4.16. The van der Waals surface area contributed by atoms with Gasteiger partial charge in [-0.1, -0.05) is 44.2 Å². The van der Waals surface area contributed by atoms with Gasteiger partial charge in [0.15, 0.2) is 0 Å². The zero-order valence-corrected chi connectivity index (χ0v) is 15.3. The third-order valence-corrected chi connectivity index (χ3v) is 5.74. The van der Waals surface area contributed by atoms with Crippen molar-refractivity contribution in [1.29, 1.82) is 0 Å². The number of carbonyl (C=O) groups excluding carboxylic acids is 1. The SMILES string of the molecule is CC1(C)[C@@H](CNC(=O)c2cc(=O)[nH]c3ccc(F)cc23)[C@@H]1c1ccccc1. The molecular weight excluding hydrogens is 343 g/mol. The Morgan fingerprint density at radius 3 is 2.63 bits per heavy atom. The molecule has 2 atom stereocenters. The van der Waals surface area contributed by atoms with Crippen LogP contribution in [-0.2, 0) is 0 Å². The minimum Gasteiger partial charge on any atom is -0.352 e. The van der Waals surface area contributed by atoms with Gasteiger partial charge in [-0.3, -0.25) is 9.59 Å². The molecule has 0 radical (unpaired) electrons. The predicted molar refractivity (Wildman–Crippen MR) is 103 cm³/mol. The Bertz CT molecular complexity index is 1070. The Morgan fingerprint density at radius 2 is 1.89 bits per heavy atom. The Hall–Kier alpha value is -2.95. The zero-order chi connectivity index (χ0) is 19.2. The number of rotatable bonds is 4. The molecule has 2 aromatic carbocycles. The van der Waals surface area contributed by atoms with Gasteiger partial charge in [-0.25, -0.2) is 4.39 Å². The molecule has 4 rings (SSSR count). The van der Waals surface area contributed by atoms with Crippen LogP contribution in [-0.4, -0.2) is 17.4 Å². The first-order valence-electron chi connectivity index (χ1n) is 9.03. The fourth-order valence-corrected chi connectivity index (χ4v) is 4.16. The van der Waals surface area contributed by atoms with Crippen LogP contribution in [0.1, 0.15) is 35.7 Å². The van der Waals surface area contributed by atoms with E-state index >= 15 is 0 Å². The number of aromatic nitrogens is 1. The zero-order valence-electron chi connectivity index (χ0n) is 15.3. The van der Waals surface area contributed by atoms with Crippen LogP contribution >= 0.6 is 0 Å². The van der Waals surface area contributed by atoms with Crippen molar-refractivity contribution in [3.63, 3.8) is 0 Å². The molecule has 1 heterocycles. The lowest BCUT2D eigenvalue weighted by Crippen LogP contribution is -2.28. The first kappa shape index (κ1) is 17.5. The summed E-state index contributed by atoms with van der Waals surface area (Å²) < 4.78 is 13.6. The minimum atomic E-state index is -0.448. The van der Waals surface area contributed by atoms with Crippen molar-refractivity contribution in [2.45, 2.75) is 19.8 Å². The average molecular weight is 364 g/mol. The van der Waals surface area contributed by atoms with Gasteiger partial charge < -0.3 is 10.3 Å². The van der Waals surface area contributed by atoms with E-state index < -0.39 is 5.82 Å². The van der Waals surface area contributed by atoms with Crippen LogP contribution in [0.15, 0.2) is 59.4 Å². The molecule has 0 spiro atoms. The topological polar surface area (TPSA) is 62.0 Å². The van der Waals surface area contributed by atoms with Crippen molar-refractivity contribution >= 4 is 16.8 Å². The van der Waals surface area contributed by atoms with Crippen molar-refractivity contribution < 1.29 is 9.18 Å². The second-order valence-electron chi connectivity index (χ2n) is 7.76. The first-order chi connectivity index (χ1) is 12.9. The number of carbonyl (C=O) groups is 1. The van der Waals surface area contributed by atoms with E-state index in [0.29, 0.717) is 29.3 Å². The highest BCUT2D eigenvalue weighted by Crippen LogP contribution is 2.63. The third-order valence-electron chi connectivity index (χ3n) is 5.74. The van der Waals surface area contributed by atoms with Crippen LogP contribution in [0.3, 0.4) is 0 Å². The van der Waals surface area contributed by atoms with Gasteiger partial charge in [0.2, 0.25) is 5.56 Å². The van der Waals surface area contributed by atoms with Crippen molar-refractivity contribution in [2.24, 2.45) is 11.3 Å². The van der Waals surface area contributed by atoms with E-state index in [1.807, 2.05) is 18.2 Å². The number of H-pyrrole nitrogens is 1. The molecule has 27 heavy (non-hydrogen) atoms. The first-order valence-corrected chi connectivity index (χ1v) is 9.03. The number of hydrogen-bond donors (Lipinski definition) is 2. The van der Waals surface area contributed by atoms with Crippen LogP contribution in [0.4, 0.5) is 4.39 Å². The van der Waals surface area contributed by atoms with Gasteiger partial charge in [0.05, 0.1) is 5.56 Å². The summed E-state index contributed by atoms with van der Waals surface area (Å²) >= 11 is 0. The molecule has 0 aliphatic heterocycles. The summed E-state index contributed by atoms with van der Waals surface area (Å²) in [4.78, 5) is 27.2. The van der Waals surface area contributed by atoms with E-state index in [0.717, 1.165) is 0 Å². The van der Waals surface area contributed by atoms with E-state index in [9.17, 15) is 14.0 Å². The highest BCUT2D eigenvalue weighted by molar-refractivity contribution is 6.05. The maximum Gasteiger partial charge on any atom is 0.252 e. The van der Waals surface area contributed by atoms with Gasteiger partial charge in [-0.15, -0.1) is 0 Å². The number of fused-ring (bicyclic) bond motifs is 1.